The van der Waals surface area contributed by atoms with Crippen LogP contribution in [-0.2, 0) is 11.2 Å². The highest BCUT2D eigenvalue weighted by Crippen LogP contribution is 2.37. The van der Waals surface area contributed by atoms with Gasteiger partial charge >= 0.3 is 0 Å². The summed E-state index contributed by atoms with van der Waals surface area (Å²) in [5.41, 5.74) is 3.51. The molecule has 0 aliphatic heterocycles. The van der Waals surface area contributed by atoms with Crippen LogP contribution in [0.2, 0.25) is 0 Å². The van der Waals surface area contributed by atoms with E-state index in [0.717, 1.165) is 21.6 Å². The Bertz CT molecular complexity index is 1730. The summed E-state index contributed by atoms with van der Waals surface area (Å²) in [7, 11) is 0. The Hall–Kier alpha value is -4.08. The molecule has 0 aliphatic rings. The van der Waals surface area contributed by atoms with E-state index in [1.165, 1.54) is 23.1 Å². The number of nitrogens with zero attached hydrogens (tertiary/aromatic N) is 2. The first-order valence-corrected chi connectivity index (χ1v) is 15.7. The zero-order valence-electron chi connectivity index (χ0n) is 23.9. The first kappa shape index (κ1) is 29.4. The van der Waals surface area contributed by atoms with E-state index < -0.39 is 0 Å². The lowest BCUT2D eigenvalue weighted by atomic mass is 10.0. The van der Waals surface area contributed by atoms with Crippen LogP contribution in [0.15, 0.2) is 88.8 Å². The molecule has 1 N–H and O–H groups in total. The normalized spacial score (nSPS) is 11.0. The van der Waals surface area contributed by atoms with Crippen molar-refractivity contribution in [2.45, 2.75) is 32.3 Å². The largest absolute Gasteiger partial charge is 0.490 e. The third kappa shape index (κ3) is 6.53. The average Bonchev–Trinajstić information content (AvgIpc) is 3.34. The first-order chi connectivity index (χ1) is 20.5. The van der Waals surface area contributed by atoms with E-state index in [1.54, 1.807) is 4.57 Å². The van der Waals surface area contributed by atoms with E-state index in [9.17, 15) is 9.59 Å². The van der Waals surface area contributed by atoms with Crippen LogP contribution in [0.3, 0.4) is 0 Å². The third-order valence-electron chi connectivity index (χ3n) is 6.62. The molecule has 5 aromatic rings. The van der Waals surface area contributed by atoms with Crippen LogP contribution in [0.4, 0.5) is 0 Å². The second-order valence-corrected chi connectivity index (χ2v) is 11.6. The number of para-hydroxylation sites is 1. The molecule has 0 radical (unpaired) electrons. The van der Waals surface area contributed by atoms with Crippen molar-refractivity contribution in [3.63, 3.8) is 0 Å². The number of benzene rings is 3. The number of aryl methyl sites for hydroxylation is 1. The molecule has 0 bridgehead atoms. The predicted molar refractivity (Wildman–Crippen MR) is 172 cm³/mol. The summed E-state index contributed by atoms with van der Waals surface area (Å²) in [6, 6.07) is 25.2. The van der Waals surface area contributed by atoms with Crippen molar-refractivity contribution in [2.24, 2.45) is 0 Å². The van der Waals surface area contributed by atoms with Crippen LogP contribution in [-0.4, -0.2) is 41.0 Å². The second-order valence-electron chi connectivity index (χ2n) is 9.49. The second kappa shape index (κ2) is 13.7. The van der Waals surface area contributed by atoms with Gasteiger partial charge in [-0.3, -0.25) is 14.2 Å². The van der Waals surface area contributed by atoms with Crippen molar-refractivity contribution in [1.82, 2.24) is 14.9 Å². The maximum Gasteiger partial charge on any atom is 0.268 e. The highest BCUT2D eigenvalue weighted by molar-refractivity contribution is 7.99. The summed E-state index contributed by atoms with van der Waals surface area (Å²) in [4.78, 5) is 33.5. The molecule has 0 aliphatic carbocycles. The average molecular weight is 600 g/mol. The van der Waals surface area contributed by atoms with E-state index in [0.29, 0.717) is 58.7 Å². The van der Waals surface area contributed by atoms with Gasteiger partial charge in [-0.1, -0.05) is 66.4 Å². The molecule has 0 saturated heterocycles. The third-order valence-corrected chi connectivity index (χ3v) is 8.56. The zero-order valence-corrected chi connectivity index (χ0v) is 25.5. The Labute approximate surface area is 253 Å². The maximum absolute atomic E-state index is 14.1. The monoisotopic (exact) mass is 599 g/mol. The van der Waals surface area contributed by atoms with Crippen LogP contribution in [0, 0.1) is 6.92 Å². The number of thiophene rings is 1. The summed E-state index contributed by atoms with van der Waals surface area (Å²) < 4.78 is 13.0. The molecule has 0 fully saturated rings. The molecule has 0 spiro atoms. The summed E-state index contributed by atoms with van der Waals surface area (Å²) in [5, 5.41) is 4.08. The van der Waals surface area contributed by atoms with Gasteiger partial charge in [0.05, 0.1) is 30.0 Å². The topological polar surface area (TPSA) is 82.5 Å². The number of ether oxygens (including phenoxy) is 2. The summed E-state index contributed by atoms with van der Waals surface area (Å²) in [5.74, 6) is 1.43. The van der Waals surface area contributed by atoms with Crippen molar-refractivity contribution in [2.75, 3.05) is 25.5 Å². The van der Waals surface area contributed by atoms with Gasteiger partial charge in [0.2, 0.25) is 5.91 Å². The lowest BCUT2D eigenvalue weighted by Crippen LogP contribution is -2.28. The van der Waals surface area contributed by atoms with Gasteiger partial charge in [0.15, 0.2) is 16.7 Å². The van der Waals surface area contributed by atoms with Gasteiger partial charge < -0.3 is 14.8 Å². The van der Waals surface area contributed by atoms with Crippen molar-refractivity contribution in [1.29, 1.82) is 0 Å². The molecule has 7 nitrogen and oxygen atoms in total. The predicted octanol–water partition coefficient (Wildman–Crippen LogP) is 6.67. The van der Waals surface area contributed by atoms with Gasteiger partial charge in [0, 0.05) is 17.0 Å². The van der Waals surface area contributed by atoms with Crippen LogP contribution in [0.5, 0.6) is 11.5 Å². The Morgan fingerprint density at radius 2 is 1.64 bits per heavy atom. The lowest BCUT2D eigenvalue weighted by Gasteiger charge is -2.13. The number of aromatic nitrogens is 2. The number of amides is 1. The minimum Gasteiger partial charge on any atom is -0.490 e. The van der Waals surface area contributed by atoms with E-state index >= 15 is 0 Å². The number of carbonyl (C=O) groups is 1. The van der Waals surface area contributed by atoms with Gasteiger partial charge in [-0.25, -0.2) is 4.98 Å². The Morgan fingerprint density at radius 3 is 2.36 bits per heavy atom. The Kier molecular flexibility index (Phi) is 9.61. The number of rotatable bonds is 12. The molecule has 5 rings (SSSR count). The molecular formula is C33H33N3O4S2. The smallest absolute Gasteiger partial charge is 0.268 e. The van der Waals surface area contributed by atoms with Gasteiger partial charge in [0.1, 0.15) is 4.83 Å². The van der Waals surface area contributed by atoms with Gasteiger partial charge in [0.25, 0.3) is 5.56 Å². The van der Waals surface area contributed by atoms with Crippen molar-refractivity contribution in [3.05, 3.63) is 99.7 Å². The molecule has 2 heterocycles. The van der Waals surface area contributed by atoms with E-state index in [-0.39, 0.29) is 17.2 Å². The quantitative estimate of drug-likeness (QED) is 0.127. The summed E-state index contributed by atoms with van der Waals surface area (Å²) >= 11 is 2.77. The summed E-state index contributed by atoms with van der Waals surface area (Å²) in [6.07, 6.45) is 0.651. The zero-order chi connectivity index (χ0) is 29.5. The van der Waals surface area contributed by atoms with Crippen LogP contribution in [0.1, 0.15) is 24.3 Å². The molecule has 0 atom stereocenters. The first-order valence-electron chi connectivity index (χ1n) is 13.9. The molecule has 0 saturated carbocycles. The van der Waals surface area contributed by atoms with Gasteiger partial charge in [-0.2, -0.15) is 0 Å². The fourth-order valence-corrected chi connectivity index (χ4v) is 6.70. The standard InChI is InChI=1S/C33H33N3O4S2/c1-4-39-26-17-16-23(20-27(26)40-5-2)18-19-34-28(37)21-41-33-35-31-30(32(38)36(33)25-14-10-7-11-15-25)29(22(3)42-31)24-12-8-6-9-13-24/h6-17,20H,4-5,18-19,21H2,1-3H3,(H,34,37). The van der Waals surface area contributed by atoms with Crippen LogP contribution >= 0.6 is 23.1 Å². The SMILES string of the molecule is CCOc1ccc(CCNC(=O)CSc2nc3sc(C)c(-c4ccccc4)c3c(=O)n2-c2ccccc2)cc1OCC. The fraction of sp³-hybridized carbons (Fsp3) is 0.242. The van der Waals surface area contributed by atoms with Gasteiger partial charge in [-0.15, -0.1) is 11.3 Å². The molecular weight excluding hydrogens is 567 g/mol. The minimum atomic E-state index is -0.141. The van der Waals surface area contributed by atoms with Crippen LogP contribution < -0.4 is 20.3 Å². The number of hydrogen-bond donors (Lipinski definition) is 1. The van der Waals surface area contributed by atoms with E-state index in [1.807, 2.05) is 99.6 Å². The number of fused-ring (bicyclic) bond motifs is 1. The number of nitrogens with one attached hydrogen (secondary N) is 1. The van der Waals surface area contributed by atoms with Crippen molar-refractivity contribution < 1.29 is 14.3 Å². The molecule has 216 valence electrons. The Balaban J connectivity index is 1.35. The van der Waals surface area contributed by atoms with Crippen LogP contribution in [0.25, 0.3) is 27.0 Å². The molecule has 3 aromatic carbocycles. The van der Waals surface area contributed by atoms with Crippen molar-refractivity contribution in [3.8, 4) is 28.3 Å². The molecule has 42 heavy (non-hydrogen) atoms. The van der Waals surface area contributed by atoms with Crippen molar-refractivity contribution >= 4 is 39.2 Å². The number of hydrogen-bond acceptors (Lipinski definition) is 7. The molecule has 0 unspecified atom stereocenters. The van der Waals surface area contributed by atoms with E-state index in [2.05, 4.69) is 5.32 Å². The summed E-state index contributed by atoms with van der Waals surface area (Å²) in [6.45, 7) is 7.47. The number of carbonyl (C=O) groups excluding carboxylic acids is 1. The highest BCUT2D eigenvalue weighted by atomic mass is 32.2. The molecule has 2 aromatic heterocycles. The Morgan fingerprint density at radius 1 is 0.952 bits per heavy atom. The van der Waals surface area contributed by atoms with E-state index in [4.69, 9.17) is 14.5 Å². The fourth-order valence-electron chi connectivity index (χ4n) is 4.78. The molecule has 1 amide bonds. The number of thioether (sulfide) groups is 1. The maximum atomic E-state index is 14.1. The highest BCUT2D eigenvalue weighted by Gasteiger charge is 2.21. The lowest BCUT2D eigenvalue weighted by molar-refractivity contribution is -0.118. The van der Waals surface area contributed by atoms with Gasteiger partial charge in [-0.05, 0) is 62.6 Å². The minimum absolute atomic E-state index is 0.128. The molecule has 9 heteroatoms.